The molecular weight excluding hydrogens is 266 g/mol. The van der Waals surface area contributed by atoms with Gasteiger partial charge in [-0.15, -0.1) is 0 Å². The largest absolute Gasteiger partial charge is 0.486 e. The number of anilines is 1. The van der Waals surface area contributed by atoms with Gasteiger partial charge in [0, 0.05) is 23.4 Å². The molecule has 0 bridgehead atoms. The highest BCUT2D eigenvalue weighted by molar-refractivity contribution is 6.09. The number of ether oxygens (including phenoxy) is 2. The molecule has 0 radical (unpaired) electrons. The van der Waals surface area contributed by atoms with E-state index in [-0.39, 0.29) is 5.78 Å². The van der Waals surface area contributed by atoms with E-state index in [2.05, 4.69) is 5.32 Å². The van der Waals surface area contributed by atoms with E-state index in [4.69, 9.17) is 9.47 Å². The predicted molar refractivity (Wildman–Crippen MR) is 79.5 cm³/mol. The van der Waals surface area contributed by atoms with Crippen molar-refractivity contribution in [3.63, 3.8) is 0 Å². The van der Waals surface area contributed by atoms with Crippen LogP contribution in [0, 0.1) is 0 Å². The molecular formula is C17H15NO3. The molecule has 2 aliphatic heterocycles. The second-order valence-electron chi connectivity index (χ2n) is 5.24. The summed E-state index contributed by atoms with van der Waals surface area (Å²) in [5, 5.41) is 3.30. The summed E-state index contributed by atoms with van der Waals surface area (Å²) in [6.45, 7) is 2.02. The van der Waals surface area contributed by atoms with E-state index in [1.807, 2.05) is 18.2 Å². The first-order valence-corrected chi connectivity index (χ1v) is 7.12. The van der Waals surface area contributed by atoms with Crippen LogP contribution < -0.4 is 14.8 Å². The average Bonchev–Trinajstić information content (AvgIpc) is 3.01. The summed E-state index contributed by atoms with van der Waals surface area (Å²) in [6, 6.07) is 11.2. The Kier molecular flexibility index (Phi) is 2.81. The molecule has 0 saturated heterocycles. The summed E-state index contributed by atoms with van der Waals surface area (Å²) < 4.78 is 11.0. The van der Waals surface area contributed by atoms with E-state index in [1.54, 1.807) is 18.2 Å². The maximum absolute atomic E-state index is 12.6. The van der Waals surface area contributed by atoms with Crippen LogP contribution in [0.25, 0.3) is 0 Å². The number of hydrogen-bond acceptors (Lipinski definition) is 4. The number of nitrogens with one attached hydrogen (secondary N) is 1. The molecule has 0 saturated carbocycles. The lowest BCUT2D eigenvalue weighted by Crippen LogP contribution is -2.15. The van der Waals surface area contributed by atoms with Gasteiger partial charge in [0.1, 0.15) is 13.2 Å². The summed E-state index contributed by atoms with van der Waals surface area (Å²) in [5.41, 5.74) is 3.66. The third-order valence-electron chi connectivity index (χ3n) is 3.89. The fourth-order valence-corrected chi connectivity index (χ4v) is 2.78. The first-order chi connectivity index (χ1) is 10.3. The van der Waals surface area contributed by atoms with Gasteiger partial charge in [-0.1, -0.05) is 12.1 Å². The summed E-state index contributed by atoms with van der Waals surface area (Å²) in [5.74, 6) is 1.35. The van der Waals surface area contributed by atoms with Crippen molar-refractivity contribution in [1.29, 1.82) is 0 Å². The lowest BCUT2D eigenvalue weighted by Gasteiger charge is -2.18. The lowest BCUT2D eigenvalue weighted by molar-refractivity contribution is 0.103. The molecule has 0 atom stereocenters. The van der Waals surface area contributed by atoms with E-state index in [1.165, 1.54) is 5.56 Å². The maximum Gasteiger partial charge on any atom is 0.193 e. The zero-order valence-corrected chi connectivity index (χ0v) is 11.5. The Morgan fingerprint density at radius 3 is 2.62 bits per heavy atom. The average molecular weight is 281 g/mol. The number of hydrogen-bond donors (Lipinski definition) is 1. The smallest absolute Gasteiger partial charge is 0.193 e. The number of carbonyl (C=O) groups is 1. The van der Waals surface area contributed by atoms with E-state index >= 15 is 0 Å². The van der Waals surface area contributed by atoms with E-state index in [0.717, 1.165) is 18.7 Å². The lowest BCUT2D eigenvalue weighted by atomic mass is 10.0. The van der Waals surface area contributed by atoms with Crippen molar-refractivity contribution < 1.29 is 14.3 Å². The SMILES string of the molecule is O=C(c1ccc2c(c1)NCC2)c1ccc2c(c1)OCCO2. The van der Waals surface area contributed by atoms with Gasteiger partial charge in [-0.05, 0) is 36.2 Å². The van der Waals surface area contributed by atoms with Gasteiger partial charge in [0.25, 0.3) is 0 Å². The van der Waals surface area contributed by atoms with Crippen LogP contribution in [0.4, 0.5) is 5.69 Å². The topological polar surface area (TPSA) is 47.6 Å². The molecule has 4 nitrogen and oxygen atoms in total. The summed E-state index contributed by atoms with van der Waals surface area (Å²) in [4.78, 5) is 12.6. The summed E-state index contributed by atoms with van der Waals surface area (Å²) >= 11 is 0. The Labute approximate surface area is 122 Å². The number of fused-ring (bicyclic) bond motifs is 2. The predicted octanol–water partition coefficient (Wildman–Crippen LogP) is 2.66. The Hall–Kier alpha value is -2.49. The van der Waals surface area contributed by atoms with Crippen molar-refractivity contribution in [1.82, 2.24) is 0 Å². The zero-order chi connectivity index (χ0) is 14.2. The van der Waals surface area contributed by atoms with E-state index < -0.39 is 0 Å². The van der Waals surface area contributed by atoms with Crippen molar-refractivity contribution in [2.75, 3.05) is 25.1 Å². The van der Waals surface area contributed by atoms with Crippen LogP contribution >= 0.6 is 0 Å². The van der Waals surface area contributed by atoms with Crippen LogP contribution in [0.5, 0.6) is 11.5 Å². The summed E-state index contributed by atoms with van der Waals surface area (Å²) in [6.07, 6.45) is 1.02. The number of ketones is 1. The molecule has 0 amide bonds. The minimum atomic E-state index is 0.00322. The van der Waals surface area contributed by atoms with Crippen molar-refractivity contribution in [3.8, 4) is 11.5 Å². The Balaban J connectivity index is 1.68. The molecule has 0 spiro atoms. The molecule has 106 valence electrons. The van der Waals surface area contributed by atoms with Crippen molar-refractivity contribution >= 4 is 11.5 Å². The van der Waals surface area contributed by atoms with Gasteiger partial charge in [0.15, 0.2) is 17.3 Å². The van der Waals surface area contributed by atoms with Gasteiger partial charge in [-0.3, -0.25) is 4.79 Å². The third-order valence-corrected chi connectivity index (χ3v) is 3.89. The quantitative estimate of drug-likeness (QED) is 0.860. The second kappa shape index (κ2) is 4.81. The van der Waals surface area contributed by atoms with Crippen LogP contribution in [-0.4, -0.2) is 25.5 Å². The maximum atomic E-state index is 12.6. The van der Waals surface area contributed by atoms with Crippen molar-refractivity contribution in [2.24, 2.45) is 0 Å². The van der Waals surface area contributed by atoms with Gasteiger partial charge >= 0.3 is 0 Å². The first-order valence-electron chi connectivity index (χ1n) is 7.12. The van der Waals surface area contributed by atoms with Crippen molar-refractivity contribution in [2.45, 2.75) is 6.42 Å². The van der Waals surface area contributed by atoms with Crippen LogP contribution in [0.2, 0.25) is 0 Å². The molecule has 0 fully saturated rings. The highest BCUT2D eigenvalue weighted by atomic mass is 16.6. The standard InChI is InChI=1S/C17H15NO3/c19-17(12-2-1-11-5-6-18-14(11)9-12)13-3-4-15-16(10-13)21-8-7-20-15/h1-4,9-10,18H,5-8H2. The third kappa shape index (κ3) is 2.13. The molecule has 0 aliphatic carbocycles. The normalized spacial score (nSPS) is 15.2. The fourth-order valence-electron chi connectivity index (χ4n) is 2.78. The highest BCUT2D eigenvalue weighted by Gasteiger charge is 2.18. The minimum absolute atomic E-state index is 0.00322. The molecule has 0 aromatic heterocycles. The molecule has 21 heavy (non-hydrogen) atoms. The van der Waals surface area contributed by atoms with Gasteiger partial charge in [-0.2, -0.15) is 0 Å². The van der Waals surface area contributed by atoms with Crippen molar-refractivity contribution in [3.05, 3.63) is 53.1 Å². The monoisotopic (exact) mass is 281 g/mol. The van der Waals surface area contributed by atoms with Crippen LogP contribution in [0.1, 0.15) is 21.5 Å². The number of rotatable bonds is 2. The fraction of sp³-hybridized carbons (Fsp3) is 0.235. The van der Waals surface area contributed by atoms with Gasteiger partial charge in [0.05, 0.1) is 0 Å². The molecule has 1 N–H and O–H groups in total. The minimum Gasteiger partial charge on any atom is -0.486 e. The Morgan fingerprint density at radius 2 is 1.71 bits per heavy atom. The Morgan fingerprint density at radius 1 is 0.952 bits per heavy atom. The molecule has 4 heteroatoms. The number of benzene rings is 2. The van der Waals surface area contributed by atoms with Crippen LogP contribution in [0.15, 0.2) is 36.4 Å². The van der Waals surface area contributed by atoms with Crippen LogP contribution in [0.3, 0.4) is 0 Å². The molecule has 2 aromatic carbocycles. The molecule has 2 heterocycles. The van der Waals surface area contributed by atoms with Crippen LogP contribution in [-0.2, 0) is 6.42 Å². The second-order valence-corrected chi connectivity index (χ2v) is 5.24. The molecule has 2 aromatic rings. The van der Waals surface area contributed by atoms with Gasteiger partial charge in [-0.25, -0.2) is 0 Å². The summed E-state index contributed by atoms with van der Waals surface area (Å²) in [7, 11) is 0. The van der Waals surface area contributed by atoms with Gasteiger partial charge < -0.3 is 14.8 Å². The van der Waals surface area contributed by atoms with Gasteiger partial charge in [0.2, 0.25) is 0 Å². The molecule has 0 unspecified atom stereocenters. The zero-order valence-electron chi connectivity index (χ0n) is 11.5. The first kappa shape index (κ1) is 12.3. The molecule has 2 aliphatic rings. The number of carbonyl (C=O) groups excluding carboxylic acids is 1. The van der Waals surface area contributed by atoms with E-state index in [0.29, 0.717) is 35.8 Å². The molecule has 4 rings (SSSR count). The Bertz CT molecular complexity index is 724. The highest BCUT2D eigenvalue weighted by Crippen LogP contribution is 2.32. The van der Waals surface area contributed by atoms with E-state index in [9.17, 15) is 4.79 Å².